The van der Waals surface area contributed by atoms with Crippen LogP contribution < -0.4 is 16.8 Å². The van der Waals surface area contributed by atoms with E-state index in [0.29, 0.717) is 0 Å². The first-order valence-corrected chi connectivity index (χ1v) is 4.98. The van der Waals surface area contributed by atoms with Gasteiger partial charge in [0.1, 0.15) is 11.5 Å². The van der Waals surface area contributed by atoms with Crippen LogP contribution in [0.4, 0.5) is 5.82 Å². The molecule has 17 heavy (non-hydrogen) atoms. The predicted molar refractivity (Wildman–Crippen MR) is 61.8 cm³/mol. The summed E-state index contributed by atoms with van der Waals surface area (Å²) in [4.78, 5) is 30.2. The number of nitrogen functional groups attached to an aromatic ring is 1. The van der Waals surface area contributed by atoms with Crippen molar-refractivity contribution in [2.24, 2.45) is 5.73 Å². The van der Waals surface area contributed by atoms with Gasteiger partial charge in [-0.25, -0.2) is 4.98 Å². The van der Waals surface area contributed by atoms with Gasteiger partial charge in [-0.2, -0.15) is 0 Å². The minimum Gasteiger partial charge on any atom is -0.382 e. The smallest absolute Gasteiger partial charge is 0.271 e. The van der Waals surface area contributed by atoms with Gasteiger partial charge in [-0.15, -0.1) is 0 Å². The van der Waals surface area contributed by atoms with Gasteiger partial charge in [0, 0.05) is 12.0 Å². The second-order valence-electron chi connectivity index (χ2n) is 4.31. The first-order valence-electron chi connectivity index (χ1n) is 4.98. The molecule has 0 unspecified atom stereocenters. The van der Waals surface area contributed by atoms with Gasteiger partial charge in [0.25, 0.3) is 5.91 Å². The molecule has 0 saturated carbocycles. The van der Waals surface area contributed by atoms with E-state index in [4.69, 9.17) is 11.5 Å². The normalized spacial score (nSPS) is 10.9. The number of nitrogens with one attached hydrogen (secondary N) is 1. The molecule has 5 N–H and O–H groups in total. The molecule has 1 aromatic heterocycles. The van der Waals surface area contributed by atoms with Crippen LogP contribution in [0, 0.1) is 0 Å². The van der Waals surface area contributed by atoms with E-state index >= 15 is 0 Å². The molecule has 2 amide bonds. The van der Waals surface area contributed by atoms with E-state index in [1.165, 1.54) is 12.4 Å². The first-order chi connectivity index (χ1) is 7.80. The minimum absolute atomic E-state index is 0.0362. The molecule has 0 bridgehead atoms. The van der Waals surface area contributed by atoms with Crippen molar-refractivity contribution in [2.75, 3.05) is 5.73 Å². The third kappa shape index (κ3) is 4.06. The molecule has 0 aliphatic rings. The Bertz CT molecular complexity index is 444. The van der Waals surface area contributed by atoms with Crippen LogP contribution in [0.2, 0.25) is 0 Å². The summed E-state index contributed by atoms with van der Waals surface area (Å²) in [5.74, 6) is -0.782. The van der Waals surface area contributed by atoms with E-state index < -0.39 is 17.4 Å². The number of aromatic nitrogens is 2. The van der Waals surface area contributed by atoms with Crippen molar-refractivity contribution in [2.45, 2.75) is 25.8 Å². The van der Waals surface area contributed by atoms with Crippen molar-refractivity contribution in [3.63, 3.8) is 0 Å². The van der Waals surface area contributed by atoms with Crippen LogP contribution in [0.25, 0.3) is 0 Å². The quantitative estimate of drug-likeness (QED) is 0.647. The second-order valence-corrected chi connectivity index (χ2v) is 4.31. The van der Waals surface area contributed by atoms with Crippen LogP contribution in [-0.2, 0) is 4.79 Å². The molecule has 0 aliphatic heterocycles. The molecule has 1 heterocycles. The highest BCUT2D eigenvalue weighted by molar-refractivity contribution is 5.93. The fraction of sp³-hybridized carbons (Fsp3) is 0.400. The molecule has 0 radical (unpaired) electrons. The largest absolute Gasteiger partial charge is 0.382 e. The van der Waals surface area contributed by atoms with E-state index in [1.807, 2.05) is 0 Å². The standard InChI is InChI=1S/C10H15N5O2/c1-10(2,3-8(12)16)15-9(17)6-4-13-5-7(11)14-6/h4-5H,3H2,1-2H3,(H2,11,14)(H2,12,16)(H,15,17). The lowest BCUT2D eigenvalue weighted by molar-refractivity contribution is -0.119. The lowest BCUT2D eigenvalue weighted by Crippen LogP contribution is -2.46. The van der Waals surface area contributed by atoms with Gasteiger partial charge in [0.15, 0.2) is 0 Å². The summed E-state index contributed by atoms with van der Waals surface area (Å²) in [6.07, 6.45) is 2.67. The van der Waals surface area contributed by atoms with Gasteiger partial charge in [-0.3, -0.25) is 14.6 Å². The summed E-state index contributed by atoms with van der Waals surface area (Å²) >= 11 is 0. The fourth-order valence-corrected chi connectivity index (χ4v) is 1.34. The molecule has 7 heteroatoms. The average Bonchev–Trinajstić information content (AvgIpc) is 2.14. The molecular formula is C10H15N5O2. The predicted octanol–water partition coefficient (Wildman–Crippen LogP) is -0.557. The van der Waals surface area contributed by atoms with Crippen LogP contribution in [0.15, 0.2) is 12.4 Å². The Kier molecular flexibility index (Phi) is 3.62. The summed E-state index contributed by atoms with van der Waals surface area (Å²) in [6.45, 7) is 3.38. The number of hydrogen-bond donors (Lipinski definition) is 3. The molecule has 0 aliphatic carbocycles. The molecular weight excluding hydrogens is 222 g/mol. The molecule has 1 aromatic rings. The first kappa shape index (κ1) is 12.9. The number of anilines is 1. The number of nitrogens with zero attached hydrogens (tertiary/aromatic N) is 2. The number of carbonyl (C=O) groups is 2. The lowest BCUT2D eigenvalue weighted by Gasteiger charge is -2.24. The molecule has 1 rings (SSSR count). The summed E-state index contributed by atoms with van der Waals surface area (Å²) in [5.41, 5.74) is 9.85. The number of primary amides is 1. The van der Waals surface area contributed by atoms with Crippen molar-refractivity contribution in [3.8, 4) is 0 Å². The van der Waals surface area contributed by atoms with E-state index in [2.05, 4.69) is 15.3 Å². The third-order valence-electron chi connectivity index (χ3n) is 1.95. The number of rotatable bonds is 4. The zero-order valence-electron chi connectivity index (χ0n) is 9.73. The van der Waals surface area contributed by atoms with Gasteiger partial charge >= 0.3 is 0 Å². The summed E-state index contributed by atoms with van der Waals surface area (Å²) in [7, 11) is 0. The van der Waals surface area contributed by atoms with E-state index in [-0.39, 0.29) is 17.9 Å². The van der Waals surface area contributed by atoms with E-state index in [0.717, 1.165) is 0 Å². The van der Waals surface area contributed by atoms with Crippen molar-refractivity contribution in [3.05, 3.63) is 18.1 Å². The van der Waals surface area contributed by atoms with Gasteiger partial charge in [0.05, 0.1) is 12.4 Å². The monoisotopic (exact) mass is 237 g/mol. The molecule has 7 nitrogen and oxygen atoms in total. The number of amides is 2. The van der Waals surface area contributed by atoms with Crippen molar-refractivity contribution < 1.29 is 9.59 Å². The van der Waals surface area contributed by atoms with E-state index in [1.54, 1.807) is 13.8 Å². The van der Waals surface area contributed by atoms with Crippen LogP contribution in [0.3, 0.4) is 0 Å². The topological polar surface area (TPSA) is 124 Å². The minimum atomic E-state index is -0.741. The van der Waals surface area contributed by atoms with E-state index in [9.17, 15) is 9.59 Å². The average molecular weight is 237 g/mol. The summed E-state index contributed by atoms with van der Waals surface area (Å²) in [6, 6.07) is 0. The number of carbonyl (C=O) groups excluding carboxylic acids is 2. The number of nitrogens with two attached hydrogens (primary N) is 2. The molecule has 0 fully saturated rings. The summed E-state index contributed by atoms with van der Waals surface area (Å²) in [5, 5.41) is 2.63. The van der Waals surface area contributed by atoms with Crippen LogP contribution in [0.1, 0.15) is 30.8 Å². The van der Waals surface area contributed by atoms with Crippen LogP contribution >= 0.6 is 0 Å². The fourth-order valence-electron chi connectivity index (χ4n) is 1.34. The Morgan fingerprint density at radius 2 is 2.06 bits per heavy atom. The highest BCUT2D eigenvalue weighted by Crippen LogP contribution is 2.09. The molecule has 0 spiro atoms. The van der Waals surface area contributed by atoms with Crippen molar-refractivity contribution in [1.29, 1.82) is 0 Å². The lowest BCUT2D eigenvalue weighted by atomic mass is 10.0. The zero-order chi connectivity index (χ0) is 13.1. The maximum atomic E-state index is 11.8. The number of hydrogen-bond acceptors (Lipinski definition) is 5. The Balaban J connectivity index is 2.75. The highest BCUT2D eigenvalue weighted by atomic mass is 16.2. The van der Waals surface area contributed by atoms with Crippen molar-refractivity contribution >= 4 is 17.6 Å². The SMILES string of the molecule is CC(C)(CC(N)=O)NC(=O)c1cncc(N)n1. The van der Waals surface area contributed by atoms with Crippen LogP contribution in [-0.4, -0.2) is 27.3 Å². The molecule has 0 saturated heterocycles. The van der Waals surface area contributed by atoms with Gasteiger partial charge in [0.2, 0.25) is 5.91 Å². The maximum absolute atomic E-state index is 11.8. The summed E-state index contributed by atoms with van der Waals surface area (Å²) < 4.78 is 0. The molecule has 0 aromatic carbocycles. The Morgan fingerprint density at radius 3 is 2.59 bits per heavy atom. The molecule has 92 valence electrons. The van der Waals surface area contributed by atoms with Crippen molar-refractivity contribution in [1.82, 2.24) is 15.3 Å². The zero-order valence-corrected chi connectivity index (χ0v) is 9.73. The highest BCUT2D eigenvalue weighted by Gasteiger charge is 2.24. The Hall–Kier alpha value is -2.18. The van der Waals surface area contributed by atoms with Crippen LogP contribution in [0.5, 0.6) is 0 Å². The third-order valence-corrected chi connectivity index (χ3v) is 1.95. The Morgan fingerprint density at radius 1 is 1.41 bits per heavy atom. The second kappa shape index (κ2) is 4.77. The van der Waals surface area contributed by atoms with Gasteiger partial charge in [-0.1, -0.05) is 0 Å². The van der Waals surface area contributed by atoms with Gasteiger partial charge in [-0.05, 0) is 13.8 Å². The van der Waals surface area contributed by atoms with Gasteiger partial charge < -0.3 is 16.8 Å². The molecule has 0 atom stereocenters. The Labute approximate surface area is 98.6 Å². The maximum Gasteiger partial charge on any atom is 0.271 e.